The molecule has 114 valence electrons. The number of carbonyl (C=O) groups excluding carboxylic acids is 1. The van der Waals surface area contributed by atoms with E-state index in [0.29, 0.717) is 0 Å². The maximum absolute atomic E-state index is 12.6. The lowest BCUT2D eigenvalue weighted by atomic mass is 9.62. The largest absolute Gasteiger partial charge is 0.370 e. The molecule has 3 fully saturated rings. The Hall–Kier alpha value is -0.770. The molecule has 2 N–H and O–H groups in total. The van der Waals surface area contributed by atoms with Gasteiger partial charge in [-0.05, 0) is 46.0 Å². The number of hydrogen-bond donors (Lipinski definition) is 2. The van der Waals surface area contributed by atoms with Crippen molar-refractivity contribution in [2.24, 2.45) is 5.92 Å². The fourth-order valence-corrected chi connectivity index (χ4v) is 5.02. The predicted molar refractivity (Wildman–Crippen MR) is 78.2 cm³/mol. The maximum Gasteiger partial charge on any atom is 0.320 e. The number of rotatable bonds is 1. The van der Waals surface area contributed by atoms with Crippen LogP contribution in [0.2, 0.25) is 0 Å². The standard InChI is InChI=1S/C16H28N2O2/c1-12(2)18-14(19)17-15(9-5-3-6-10-15)13-8-4-7-11-16(13,18)20/h12-13,20H,3-11H2,1-2H3,(H,17,19)/t13-,16+/m0/s1. The summed E-state index contributed by atoms with van der Waals surface area (Å²) in [6.07, 6.45) is 9.68. The molecule has 1 heterocycles. The monoisotopic (exact) mass is 280 g/mol. The molecule has 0 radical (unpaired) electrons. The Kier molecular flexibility index (Phi) is 3.47. The van der Waals surface area contributed by atoms with Crippen molar-refractivity contribution in [1.29, 1.82) is 0 Å². The van der Waals surface area contributed by atoms with Crippen molar-refractivity contribution in [2.45, 2.75) is 88.9 Å². The minimum absolute atomic E-state index is 0.0431. The smallest absolute Gasteiger partial charge is 0.320 e. The second-order valence-corrected chi connectivity index (χ2v) is 7.29. The average Bonchev–Trinajstić information content (AvgIpc) is 2.38. The van der Waals surface area contributed by atoms with Crippen LogP contribution in [-0.4, -0.2) is 33.3 Å². The van der Waals surface area contributed by atoms with Crippen molar-refractivity contribution in [1.82, 2.24) is 10.2 Å². The van der Waals surface area contributed by atoms with Crippen LogP contribution >= 0.6 is 0 Å². The molecule has 20 heavy (non-hydrogen) atoms. The number of hydrogen-bond acceptors (Lipinski definition) is 2. The van der Waals surface area contributed by atoms with E-state index < -0.39 is 5.72 Å². The summed E-state index contributed by atoms with van der Waals surface area (Å²) in [6.45, 7) is 4.00. The summed E-state index contributed by atoms with van der Waals surface area (Å²) < 4.78 is 0. The highest BCUT2D eigenvalue weighted by molar-refractivity contribution is 5.77. The van der Waals surface area contributed by atoms with Crippen molar-refractivity contribution in [3.05, 3.63) is 0 Å². The van der Waals surface area contributed by atoms with Gasteiger partial charge in [0, 0.05) is 17.5 Å². The molecule has 0 aromatic heterocycles. The molecule has 0 unspecified atom stereocenters. The molecule has 1 spiro atoms. The lowest BCUT2D eigenvalue weighted by Gasteiger charge is -2.61. The van der Waals surface area contributed by atoms with Crippen LogP contribution in [-0.2, 0) is 0 Å². The molecule has 3 rings (SSSR count). The highest BCUT2D eigenvalue weighted by Crippen LogP contribution is 2.50. The van der Waals surface area contributed by atoms with E-state index in [0.717, 1.165) is 32.1 Å². The molecular formula is C16H28N2O2. The molecule has 1 aliphatic heterocycles. The SMILES string of the molecule is CC(C)N1C(=O)NC2(CCCCC2)[C@@H]2CCCC[C@@]21O. The third kappa shape index (κ3) is 1.95. The van der Waals surface area contributed by atoms with Crippen LogP contribution < -0.4 is 5.32 Å². The van der Waals surface area contributed by atoms with Gasteiger partial charge in [-0.2, -0.15) is 0 Å². The first kappa shape index (κ1) is 14.2. The minimum Gasteiger partial charge on any atom is -0.370 e. The molecule has 2 amide bonds. The van der Waals surface area contributed by atoms with Crippen LogP contribution in [0.15, 0.2) is 0 Å². The summed E-state index contributed by atoms with van der Waals surface area (Å²) in [5, 5.41) is 14.7. The van der Waals surface area contributed by atoms with Gasteiger partial charge in [0.1, 0.15) is 5.72 Å². The first-order chi connectivity index (χ1) is 9.50. The highest BCUT2D eigenvalue weighted by atomic mass is 16.3. The average molecular weight is 280 g/mol. The van der Waals surface area contributed by atoms with Crippen LogP contribution in [0.1, 0.15) is 71.6 Å². The Morgan fingerprint density at radius 3 is 2.45 bits per heavy atom. The van der Waals surface area contributed by atoms with Gasteiger partial charge in [0.25, 0.3) is 0 Å². The fourth-order valence-electron chi connectivity index (χ4n) is 5.02. The molecule has 4 nitrogen and oxygen atoms in total. The normalized spacial score (nSPS) is 36.9. The minimum atomic E-state index is -0.925. The van der Waals surface area contributed by atoms with Gasteiger partial charge in [-0.15, -0.1) is 0 Å². The first-order valence-corrected chi connectivity index (χ1v) is 8.33. The molecule has 0 aromatic carbocycles. The van der Waals surface area contributed by atoms with Crippen molar-refractivity contribution >= 4 is 6.03 Å². The lowest BCUT2D eigenvalue weighted by molar-refractivity contribution is -0.199. The van der Waals surface area contributed by atoms with Gasteiger partial charge in [-0.1, -0.05) is 25.7 Å². The summed E-state index contributed by atoms with van der Waals surface area (Å²) in [5.74, 6) is 0.198. The van der Waals surface area contributed by atoms with Crippen LogP contribution in [0.4, 0.5) is 4.79 Å². The number of fused-ring (bicyclic) bond motifs is 2. The quantitative estimate of drug-likeness (QED) is 0.776. The highest BCUT2D eigenvalue weighted by Gasteiger charge is 2.60. The van der Waals surface area contributed by atoms with E-state index in [9.17, 15) is 9.90 Å². The molecule has 3 aliphatic rings. The van der Waals surface area contributed by atoms with Crippen LogP contribution in [0.5, 0.6) is 0 Å². The summed E-state index contributed by atoms with van der Waals surface area (Å²) >= 11 is 0. The van der Waals surface area contributed by atoms with Gasteiger partial charge < -0.3 is 10.4 Å². The predicted octanol–water partition coefficient (Wildman–Crippen LogP) is 3.00. The lowest BCUT2D eigenvalue weighted by Crippen LogP contribution is -2.76. The third-order valence-corrected chi connectivity index (χ3v) is 5.77. The Balaban J connectivity index is 1.99. The number of aliphatic hydroxyl groups is 1. The van der Waals surface area contributed by atoms with E-state index in [4.69, 9.17) is 0 Å². The maximum atomic E-state index is 12.6. The van der Waals surface area contributed by atoms with E-state index in [1.54, 1.807) is 4.90 Å². The second kappa shape index (κ2) is 4.90. The fraction of sp³-hybridized carbons (Fsp3) is 0.938. The van der Waals surface area contributed by atoms with Crippen molar-refractivity contribution in [3.8, 4) is 0 Å². The first-order valence-electron chi connectivity index (χ1n) is 8.33. The van der Waals surface area contributed by atoms with E-state index in [1.807, 2.05) is 13.8 Å². The molecule has 0 bridgehead atoms. The molecular weight excluding hydrogens is 252 g/mol. The summed E-state index contributed by atoms with van der Waals surface area (Å²) in [5.41, 5.74) is -1.07. The Bertz CT molecular complexity index is 390. The topological polar surface area (TPSA) is 52.6 Å². The van der Waals surface area contributed by atoms with Crippen molar-refractivity contribution in [2.75, 3.05) is 0 Å². The van der Waals surface area contributed by atoms with E-state index in [-0.39, 0.29) is 23.5 Å². The Labute approximate surface area is 121 Å². The zero-order valence-corrected chi connectivity index (χ0v) is 12.8. The van der Waals surface area contributed by atoms with Crippen LogP contribution in [0, 0.1) is 5.92 Å². The van der Waals surface area contributed by atoms with E-state index in [2.05, 4.69) is 5.32 Å². The molecule has 2 atom stereocenters. The van der Waals surface area contributed by atoms with E-state index in [1.165, 1.54) is 25.7 Å². The molecule has 4 heteroatoms. The van der Waals surface area contributed by atoms with E-state index >= 15 is 0 Å². The van der Waals surface area contributed by atoms with Gasteiger partial charge in [0.15, 0.2) is 0 Å². The Morgan fingerprint density at radius 2 is 1.80 bits per heavy atom. The van der Waals surface area contributed by atoms with Gasteiger partial charge in [0.05, 0.1) is 0 Å². The number of nitrogens with zero attached hydrogens (tertiary/aromatic N) is 1. The third-order valence-electron chi connectivity index (χ3n) is 5.77. The van der Waals surface area contributed by atoms with Gasteiger partial charge in [0.2, 0.25) is 0 Å². The van der Waals surface area contributed by atoms with Gasteiger partial charge in [-0.25, -0.2) is 4.79 Å². The molecule has 0 aromatic rings. The summed E-state index contributed by atoms with van der Waals surface area (Å²) in [6, 6.07) is -0.0101. The molecule has 2 saturated carbocycles. The second-order valence-electron chi connectivity index (χ2n) is 7.29. The molecule has 1 saturated heterocycles. The summed E-state index contributed by atoms with van der Waals surface area (Å²) in [4.78, 5) is 14.3. The zero-order valence-electron chi connectivity index (χ0n) is 12.8. The van der Waals surface area contributed by atoms with Crippen molar-refractivity contribution < 1.29 is 9.90 Å². The summed E-state index contributed by atoms with van der Waals surface area (Å²) in [7, 11) is 0. The Morgan fingerprint density at radius 1 is 1.15 bits per heavy atom. The number of amides is 2. The van der Waals surface area contributed by atoms with Crippen LogP contribution in [0.25, 0.3) is 0 Å². The number of carbonyl (C=O) groups is 1. The van der Waals surface area contributed by atoms with Gasteiger partial charge >= 0.3 is 6.03 Å². The number of nitrogens with one attached hydrogen (secondary N) is 1. The molecule has 2 aliphatic carbocycles. The van der Waals surface area contributed by atoms with Crippen molar-refractivity contribution in [3.63, 3.8) is 0 Å². The van der Waals surface area contributed by atoms with Gasteiger partial charge in [-0.3, -0.25) is 4.90 Å². The zero-order chi connectivity index (χ0) is 14.4. The number of urea groups is 1. The van der Waals surface area contributed by atoms with Crippen LogP contribution in [0.3, 0.4) is 0 Å².